The minimum Gasteiger partial charge on any atom is -0.481 e. The lowest BCUT2D eigenvalue weighted by Crippen LogP contribution is -2.65. The third kappa shape index (κ3) is 17.8. The third-order valence-corrected chi connectivity index (χ3v) is 16.3. The van der Waals surface area contributed by atoms with E-state index in [0.29, 0.717) is 37.5 Å². The maximum Gasteiger partial charge on any atom is 0.310 e. The van der Waals surface area contributed by atoms with E-state index >= 15 is 0 Å². The molecule has 4 saturated heterocycles. The van der Waals surface area contributed by atoms with Crippen LogP contribution in [0.1, 0.15) is 246 Å². The number of nitrogens with one attached hydrogen (secondary N) is 4. The van der Waals surface area contributed by atoms with Crippen LogP contribution in [0.2, 0.25) is 0 Å². The fourth-order valence-corrected chi connectivity index (χ4v) is 15.7. The molecule has 4 heterocycles. The Morgan fingerprint density at radius 1 is 0.358 bits per heavy atom. The minimum atomic E-state index is -0.756. The number of piperidine rings is 4. The largest absolute Gasteiger partial charge is 0.481 e. The monoisotopic (exact) mass is 947 g/mol. The Labute approximate surface area is 407 Å². The van der Waals surface area contributed by atoms with Crippen LogP contribution in [0.15, 0.2) is 0 Å². The first-order valence-corrected chi connectivity index (χ1v) is 26.3. The van der Waals surface area contributed by atoms with Crippen molar-refractivity contribution in [2.24, 2.45) is 34.5 Å². The molecular weight excluding hydrogens is 845 g/mol. The number of carboxylic acid groups (broad SMARTS) is 4. The Hall–Kier alpha value is -2.28. The van der Waals surface area contributed by atoms with Gasteiger partial charge in [-0.15, -0.1) is 0 Å². The smallest absolute Gasteiger partial charge is 0.310 e. The maximum absolute atomic E-state index is 13.4. The molecule has 0 aliphatic carbocycles. The summed E-state index contributed by atoms with van der Waals surface area (Å²) in [5.41, 5.74) is -1.34. The van der Waals surface area contributed by atoms with Crippen molar-refractivity contribution in [3.8, 4) is 0 Å². The highest BCUT2D eigenvalue weighted by molar-refractivity contribution is 5.76. The average molecular weight is 947 g/mol. The number of hydrogen-bond donors (Lipinski definition) is 8. The molecule has 0 radical (unpaired) electrons. The SMILES string of the molecule is CC1(C)CC(C(CCCC(=O)O)(CCCC(=O)O)C2CC(C)(C)NC(C)(C)C2)CC(C)(C)N1.CC1(C)CC(C(CCCCCCCC(=O)O)(C(=O)O)C2CC(C)(C)NC(C)(C)C2)CC(C)(C)N1. The number of unbranched alkanes of at least 4 members (excludes halogenated alkanes) is 4. The van der Waals surface area contributed by atoms with Crippen molar-refractivity contribution in [3.63, 3.8) is 0 Å². The molecule has 4 aliphatic rings. The minimum absolute atomic E-state index is 0.0186. The molecule has 4 fully saturated rings. The van der Waals surface area contributed by atoms with Crippen LogP contribution < -0.4 is 21.3 Å². The highest BCUT2D eigenvalue weighted by Gasteiger charge is 2.59. The summed E-state index contributed by atoms with van der Waals surface area (Å²) in [6, 6.07) is 0. The first-order valence-electron chi connectivity index (χ1n) is 26.3. The molecular formula is C55H102N4O8. The molecule has 0 aromatic rings. The second-order valence-electron chi connectivity index (χ2n) is 27.7. The zero-order valence-corrected chi connectivity index (χ0v) is 45.6. The lowest BCUT2D eigenvalue weighted by Gasteiger charge is -2.59. The highest BCUT2D eigenvalue weighted by atomic mass is 16.4. The van der Waals surface area contributed by atoms with Crippen molar-refractivity contribution < 1.29 is 39.6 Å². The molecule has 0 aromatic heterocycles. The molecule has 0 bridgehead atoms. The van der Waals surface area contributed by atoms with E-state index in [1.54, 1.807) is 0 Å². The summed E-state index contributed by atoms with van der Waals surface area (Å²) in [4.78, 5) is 47.1. The Kier molecular flexibility index (Phi) is 19.4. The van der Waals surface area contributed by atoms with Crippen LogP contribution in [0.4, 0.5) is 0 Å². The lowest BCUT2D eigenvalue weighted by molar-refractivity contribution is -0.166. The van der Waals surface area contributed by atoms with Gasteiger partial charge in [-0.2, -0.15) is 0 Å². The Morgan fingerprint density at radius 3 is 0.866 bits per heavy atom. The predicted octanol–water partition coefficient (Wildman–Crippen LogP) is 11.6. The van der Waals surface area contributed by atoms with E-state index in [0.717, 1.165) is 89.9 Å². The van der Waals surface area contributed by atoms with Gasteiger partial charge in [-0.1, -0.05) is 25.7 Å². The van der Waals surface area contributed by atoms with Crippen molar-refractivity contribution >= 4 is 23.9 Å². The van der Waals surface area contributed by atoms with Crippen LogP contribution in [0, 0.1) is 34.5 Å². The highest BCUT2D eigenvalue weighted by Crippen LogP contribution is 2.58. The van der Waals surface area contributed by atoms with E-state index in [1.807, 2.05) is 0 Å². The van der Waals surface area contributed by atoms with Crippen molar-refractivity contribution in [2.75, 3.05) is 0 Å². The van der Waals surface area contributed by atoms with Gasteiger partial charge in [0, 0.05) is 63.6 Å². The number of aliphatic carboxylic acids is 4. The van der Waals surface area contributed by atoms with Gasteiger partial charge in [0.25, 0.3) is 0 Å². The van der Waals surface area contributed by atoms with Crippen LogP contribution in [0.25, 0.3) is 0 Å². The number of carboxylic acids is 4. The van der Waals surface area contributed by atoms with Gasteiger partial charge in [-0.3, -0.25) is 19.2 Å². The normalized spacial score (nSPS) is 24.8. The second-order valence-corrected chi connectivity index (χ2v) is 27.7. The van der Waals surface area contributed by atoms with Gasteiger partial charge < -0.3 is 41.7 Å². The van der Waals surface area contributed by atoms with E-state index in [2.05, 4.69) is 132 Å². The van der Waals surface area contributed by atoms with Gasteiger partial charge >= 0.3 is 23.9 Å². The first-order chi connectivity index (χ1) is 30.3. The summed E-state index contributed by atoms with van der Waals surface area (Å²) < 4.78 is 0. The molecule has 0 spiro atoms. The maximum atomic E-state index is 13.4. The predicted molar refractivity (Wildman–Crippen MR) is 272 cm³/mol. The topological polar surface area (TPSA) is 197 Å². The van der Waals surface area contributed by atoms with Gasteiger partial charge in [0.05, 0.1) is 5.41 Å². The molecule has 0 unspecified atom stereocenters. The molecule has 67 heavy (non-hydrogen) atoms. The molecule has 0 atom stereocenters. The van der Waals surface area contributed by atoms with Gasteiger partial charge in [0.15, 0.2) is 0 Å². The Bertz CT molecular complexity index is 1520. The van der Waals surface area contributed by atoms with E-state index in [9.17, 15) is 34.5 Å². The summed E-state index contributed by atoms with van der Waals surface area (Å²) in [6.45, 7) is 35.9. The number of carbonyl (C=O) groups is 4. The average Bonchev–Trinajstić information content (AvgIpc) is 3.06. The summed E-state index contributed by atoms with van der Waals surface area (Å²) in [6.07, 6.45) is 16.3. The molecule has 12 heteroatoms. The molecule has 390 valence electrons. The standard InChI is InChI=1S/C28H52N2O4.C27H50N2O4/c1-24(2)16-20(17-25(3,4)29-24)28(23(33)34,15-13-11-9-10-12-14-22(31)32)21-18-26(5,6)30-27(7,8)19-21;1-23(2)15-19(16-24(3,4)28-23)27(13-9-11-21(30)31,14-10-12-22(32)33)20-17-25(5,6)29-26(7,8)18-20/h20-21,29-30H,9-19H2,1-8H3,(H,31,32)(H,33,34);19-20,28-29H,9-18H2,1-8H3,(H,30,31)(H,32,33). The Morgan fingerprint density at radius 2 is 0.597 bits per heavy atom. The molecule has 0 saturated carbocycles. The summed E-state index contributed by atoms with van der Waals surface area (Å²) in [5.74, 6) is -1.79. The van der Waals surface area contributed by atoms with Gasteiger partial charge in [-0.05, 0) is 230 Å². The fourth-order valence-electron chi connectivity index (χ4n) is 15.7. The van der Waals surface area contributed by atoms with E-state index < -0.39 is 29.3 Å². The molecule has 0 aromatic carbocycles. The fraction of sp³-hybridized carbons (Fsp3) is 0.927. The summed E-state index contributed by atoms with van der Waals surface area (Å²) >= 11 is 0. The number of rotatable bonds is 21. The quantitative estimate of drug-likeness (QED) is 0.0508. The van der Waals surface area contributed by atoms with Crippen molar-refractivity contribution in [1.29, 1.82) is 0 Å². The van der Waals surface area contributed by atoms with Crippen molar-refractivity contribution in [2.45, 2.75) is 290 Å². The number of hydrogen-bond acceptors (Lipinski definition) is 8. The van der Waals surface area contributed by atoms with Crippen LogP contribution in [0.3, 0.4) is 0 Å². The van der Waals surface area contributed by atoms with Crippen LogP contribution >= 0.6 is 0 Å². The van der Waals surface area contributed by atoms with Crippen LogP contribution in [-0.4, -0.2) is 88.6 Å². The van der Waals surface area contributed by atoms with Gasteiger partial charge in [0.2, 0.25) is 0 Å². The van der Waals surface area contributed by atoms with E-state index in [4.69, 9.17) is 5.11 Å². The molecule has 8 N–H and O–H groups in total. The second kappa shape index (κ2) is 22.0. The Balaban J connectivity index is 0.000000355. The zero-order valence-electron chi connectivity index (χ0n) is 45.6. The summed E-state index contributed by atoms with van der Waals surface area (Å²) in [7, 11) is 0. The first kappa shape index (κ1) is 59.0. The van der Waals surface area contributed by atoms with Crippen LogP contribution in [0.5, 0.6) is 0 Å². The van der Waals surface area contributed by atoms with E-state index in [-0.39, 0.29) is 80.8 Å². The summed E-state index contributed by atoms with van der Waals surface area (Å²) in [5, 5.41) is 53.8. The van der Waals surface area contributed by atoms with Crippen molar-refractivity contribution in [1.82, 2.24) is 21.3 Å². The van der Waals surface area contributed by atoms with E-state index in [1.165, 1.54) is 0 Å². The zero-order chi connectivity index (χ0) is 51.3. The molecule has 0 amide bonds. The van der Waals surface area contributed by atoms with Gasteiger partial charge in [-0.25, -0.2) is 0 Å². The molecule has 4 rings (SSSR count). The van der Waals surface area contributed by atoms with Gasteiger partial charge in [0.1, 0.15) is 0 Å². The lowest BCUT2D eigenvalue weighted by atomic mass is 9.51. The molecule has 4 aliphatic heterocycles. The third-order valence-electron chi connectivity index (χ3n) is 16.3. The molecule has 12 nitrogen and oxygen atoms in total. The van der Waals surface area contributed by atoms with Crippen molar-refractivity contribution in [3.05, 3.63) is 0 Å². The van der Waals surface area contributed by atoms with Crippen LogP contribution in [-0.2, 0) is 19.2 Å².